The van der Waals surface area contributed by atoms with E-state index in [1.807, 2.05) is 42.2 Å². The van der Waals surface area contributed by atoms with Crippen LogP contribution in [0.4, 0.5) is 4.79 Å². The second kappa shape index (κ2) is 8.61. The average molecular weight is 377 g/mol. The molecule has 1 heterocycles. The number of carbonyl (C=O) groups is 1. The van der Waals surface area contributed by atoms with E-state index in [1.54, 1.807) is 0 Å². The van der Waals surface area contributed by atoms with E-state index in [0.717, 1.165) is 38.0 Å². The van der Waals surface area contributed by atoms with E-state index in [0.29, 0.717) is 13.2 Å². The smallest absolute Gasteiger partial charge is 0.410 e. The minimum Gasteiger partial charge on any atom is -0.445 e. The van der Waals surface area contributed by atoms with Crippen molar-refractivity contribution in [1.29, 1.82) is 0 Å². The first kappa shape index (κ1) is 18.8. The van der Waals surface area contributed by atoms with Crippen molar-refractivity contribution in [3.05, 3.63) is 70.6 Å². The number of rotatable bonds is 6. The molecule has 0 bridgehead atoms. The fourth-order valence-corrected chi connectivity index (χ4v) is 4.20. The maximum Gasteiger partial charge on any atom is 0.410 e. The lowest BCUT2D eigenvalue weighted by Crippen LogP contribution is -2.48. The number of fused-ring (bicyclic) bond motifs is 1. The first-order chi connectivity index (χ1) is 13.7. The Morgan fingerprint density at radius 3 is 2.50 bits per heavy atom. The van der Waals surface area contributed by atoms with Gasteiger partial charge in [0.05, 0.1) is 0 Å². The highest BCUT2D eigenvalue weighted by Crippen LogP contribution is 2.19. The van der Waals surface area contributed by atoms with Crippen molar-refractivity contribution >= 4 is 17.7 Å². The Balaban J connectivity index is 1.28. The zero-order valence-electron chi connectivity index (χ0n) is 16.5. The van der Waals surface area contributed by atoms with Gasteiger partial charge in [-0.1, -0.05) is 54.6 Å². The third kappa shape index (κ3) is 4.12. The standard InChI is InChI=1S/C24H28N2O2/c1-2-26(24(27)28-18-19-8-4-3-5-9-19)22-12-14-25(15-13-22)17-21-16-20-10-6-7-11-23(20)21/h3-11,16,22H,2,12-15,17-18H2,1H3. The summed E-state index contributed by atoms with van der Waals surface area (Å²) in [7, 11) is 0. The second-order valence-electron chi connectivity index (χ2n) is 7.59. The maximum atomic E-state index is 12.6. The fraction of sp³-hybridized carbons (Fsp3) is 0.375. The van der Waals surface area contributed by atoms with E-state index in [4.69, 9.17) is 4.74 Å². The molecule has 1 aliphatic heterocycles. The summed E-state index contributed by atoms with van der Waals surface area (Å²) in [5.74, 6) is 0. The largest absolute Gasteiger partial charge is 0.445 e. The number of ether oxygens (including phenoxy) is 1. The van der Waals surface area contributed by atoms with Gasteiger partial charge >= 0.3 is 6.09 Å². The molecule has 146 valence electrons. The van der Waals surface area contributed by atoms with Crippen LogP contribution in [0.5, 0.6) is 0 Å². The molecule has 0 N–H and O–H groups in total. The molecule has 1 fully saturated rings. The van der Waals surface area contributed by atoms with Crippen LogP contribution in [0.3, 0.4) is 0 Å². The van der Waals surface area contributed by atoms with Crippen molar-refractivity contribution in [1.82, 2.24) is 9.80 Å². The number of hydrogen-bond acceptors (Lipinski definition) is 3. The molecule has 28 heavy (non-hydrogen) atoms. The molecule has 1 saturated heterocycles. The summed E-state index contributed by atoms with van der Waals surface area (Å²) < 4.78 is 5.56. The number of carbonyl (C=O) groups excluding carboxylic acids is 1. The van der Waals surface area contributed by atoms with Crippen LogP contribution in [0.25, 0.3) is 11.6 Å². The Morgan fingerprint density at radius 2 is 1.79 bits per heavy atom. The molecule has 2 aromatic carbocycles. The van der Waals surface area contributed by atoms with Crippen LogP contribution in [-0.2, 0) is 11.3 Å². The molecule has 0 atom stereocenters. The molecule has 1 aliphatic carbocycles. The quantitative estimate of drug-likeness (QED) is 0.777. The van der Waals surface area contributed by atoms with E-state index in [-0.39, 0.29) is 12.1 Å². The number of nitrogens with zero attached hydrogens (tertiary/aromatic N) is 2. The average Bonchev–Trinajstić information content (AvgIpc) is 2.73. The van der Waals surface area contributed by atoms with Crippen LogP contribution in [0.2, 0.25) is 0 Å². The molecule has 0 saturated carbocycles. The Kier molecular flexibility index (Phi) is 5.77. The molecule has 0 unspecified atom stereocenters. The van der Waals surface area contributed by atoms with Crippen LogP contribution in [0, 0.1) is 0 Å². The molecule has 2 aliphatic rings. The van der Waals surface area contributed by atoms with Gasteiger partial charge in [-0.3, -0.25) is 4.90 Å². The first-order valence-corrected chi connectivity index (χ1v) is 10.2. The molecule has 0 spiro atoms. The number of piperidine rings is 1. The van der Waals surface area contributed by atoms with E-state index >= 15 is 0 Å². The van der Waals surface area contributed by atoms with Crippen LogP contribution >= 0.6 is 0 Å². The van der Waals surface area contributed by atoms with Gasteiger partial charge < -0.3 is 9.64 Å². The minimum atomic E-state index is -0.194. The van der Waals surface area contributed by atoms with Gasteiger partial charge in [-0.2, -0.15) is 0 Å². The lowest BCUT2D eigenvalue weighted by atomic mass is 9.97. The maximum absolute atomic E-state index is 12.6. The Labute approximate surface area is 166 Å². The molecule has 0 aromatic heterocycles. The van der Waals surface area contributed by atoms with Crippen molar-refractivity contribution in [2.75, 3.05) is 26.2 Å². The summed E-state index contributed by atoms with van der Waals surface area (Å²) in [5.41, 5.74) is 2.46. The molecule has 4 heteroatoms. The zero-order chi connectivity index (χ0) is 19.3. The zero-order valence-corrected chi connectivity index (χ0v) is 16.5. The Bertz CT molecular complexity index is 931. The van der Waals surface area contributed by atoms with Gasteiger partial charge in [0, 0.05) is 32.2 Å². The highest BCUT2D eigenvalue weighted by Gasteiger charge is 2.28. The lowest BCUT2D eigenvalue weighted by molar-refractivity contribution is 0.0650. The van der Waals surface area contributed by atoms with Crippen molar-refractivity contribution in [2.45, 2.75) is 32.4 Å². The SMILES string of the molecule is CCN(C(=O)OCc1ccccc1)C1CCN(CC2=c3ccccc3=C2)CC1. The number of amides is 1. The molecule has 0 radical (unpaired) electrons. The van der Waals surface area contributed by atoms with Gasteiger partial charge in [-0.05, 0) is 47.4 Å². The van der Waals surface area contributed by atoms with Crippen molar-refractivity contribution < 1.29 is 9.53 Å². The van der Waals surface area contributed by atoms with Gasteiger partial charge in [-0.15, -0.1) is 0 Å². The summed E-state index contributed by atoms with van der Waals surface area (Å²) in [4.78, 5) is 17.0. The van der Waals surface area contributed by atoms with Crippen LogP contribution in [0.1, 0.15) is 25.3 Å². The first-order valence-electron chi connectivity index (χ1n) is 10.2. The van der Waals surface area contributed by atoms with Gasteiger partial charge in [0.25, 0.3) is 0 Å². The van der Waals surface area contributed by atoms with Gasteiger partial charge in [0.2, 0.25) is 0 Å². The Morgan fingerprint density at radius 1 is 1.07 bits per heavy atom. The molecular formula is C24H28N2O2. The highest BCUT2D eigenvalue weighted by atomic mass is 16.6. The summed E-state index contributed by atoms with van der Waals surface area (Å²) in [5, 5.41) is 2.75. The molecule has 4 rings (SSSR count). The Hall–Kier alpha value is -2.59. The van der Waals surface area contributed by atoms with E-state index in [2.05, 4.69) is 35.2 Å². The summed E-state index contributed by atoms with van der Waals surface area (Å²) in [6.07, 6.45) is 4.10. The topological polar surface area (TPSA) is 32.8 Å². The van der Waals surface area contributed by atoms with Crippen LogP contribution < -0.4 is 10.4 Å². The van der Waals surface area contributed by atoms with Crippen LogP contribution in [0.15, 0.2) is 54.6 Å². The fourth-order valence-electron chi connectivity index (χ4n) is 4.20. The van der Waals surface area contributed by atoms with Gasteiger partial charge in [0.15, 0.2) is 0 Å². The van der Waals surface area contributed by atoms with Crippen LogP contribution in [-0.4, -0.2) is 48.1 Å². The van der Waals surface area contributed by atoms with E-state index in [9.17, 15) is 4.79 Å². The number of benzene rings is 2. The normalized spacial score (nSPS) is 16.7. The second-order valence-corrected chi connectivity index (χ2v) is 7.59. The van der Waals surface area contributed by atoms with Crippen molar-refractivity contribution in [3.63, 3.8) is 0 Å². The minimum absolute atomic E-state index is 0.194. The highest BCUT2D eigenvalue weighted by molar-refractivity contribution is 5.83. The monoisotopic (exact) mass is 376 g/mol. The summed E-state index contributed by atoms with van der Waals surface area (Å²) in [6, 6.07) is 18.7. The van der Waals surface area contributed by atoms with Crippen molar-refractivity contribution in [2.24, 2.45) is 0 Å². The number of hydrogen-bond donors (Lipinski definition) is 0. The number of likely N-dealkylation sites (tertiary alicyclic amines) is 1. The van der Waals surface area contributed by atoms with Crippen molar-refractivity contribution in [3.8, 4) is 0 Å². The van der Waals surface area contributed by atoms with Gasteiger partial charge in [0.1, 0.15) is 6.61 Å². The molecule has 1 amide bonds. The molecule has 4 nitrogen and oxygen atoms in total. The van der Waals surface area contributed by atoms with E-state index < -0.39 is 0 Å². The molecule has 2 aromatic rings. The summed E-state index contributed by atoms with van der Waals surface area (Å²) >= 11 is 0. The molecular weight excluding hydrogens is 348 g/mol. The predicted octanol–water partition coefficient (Wildman–Crippen LogP) is 2.75. The predicted molar refractivity (Wildman–Crippen MR) is 112 cm³/mol. The summed E-state index contributed by atoms with van der Waals surface area (Å²) in [6.45, 7) is 6.11. The van der Waals surface area contributed by atoms with Gasteiger partial charge in [-0.25, -0.2) is 4.79 Å². The lowest BCUT2D eigenvalue weighted by Gasteiger charge is -2.38. The third-order valence-electron chi connectivity index (χ3n) is 5.81. The third-order valence-corrected chi connectivity index (χ3v) is 5.81. The van der Waals surface area contributed by atoms with E-state index in [1.165, 1.54) is 16.0 Å².